The van der Waals surface area contributed by atoms with Crippen molar-refractivity contribution in [2.75, 3.05) is 5.32 Å². The van der Waals surface area contributed by atoms with Crippen molar-refractivity contribution < 1.29 is 9.72 Å². The number of para-hydroxylation sites is 1. The van der Waals surface area contributed by atoms with Gasteiger partial charge >= 0.3 is 0 Å². The fourth-order valence-corrected chi connectivity index (χ4v) is 8.42. The van der Waals surface area contributed by atoms with Crippen LogP contribution in [-0.2, 0) is 0 Å². The van der Waals surface area contributed by atoms with E-state index in [2.05, 4.69) is 33.4 Å². The SMILES string of the molecule is O=C(c1ccccc1)c1cc(Cl)cc2c1N[C@H](c1ccc(Br)cc1)[C@@H]1C[C@H](Sc3ccccc3[N+](=O)[O-])[C@H](Cl)[C@@H]21. The number of nitro benzene ring substituents is 1. The lowest BCUT2D eigenvalue weighted by atomic mass is 9.76. The molecule has 5 nitrogen and oxygen atoms in total. The van der Waals surface area contributed by atoms with Gasteiger partial charge in [0.2, 0.25) is 0 Å². The van der Waals surface area contributed by atoms with Gasteiger partial charge in [0.15, 0.2) is 5.78 Å². The standard InChI is InChI=1S/C31H23BrCl2N2O3S/c32-19-12-10-17(11-13-19)29-22-16-26(40-25-9-5-4-8-24(25)36(38)39)28(34)27(22)21-14-20(33)15-23(30(21)35-29)31(37)18-6-2-1-3-7-18/h1-15,22,26-29,35H,16H2/t22-,26+,27+,28+,29-/m1/s1. The largest absolute Gasteiger partial charge is 0.377 e. The number of ketones is 1. The summed E-state index contributed by atoms with van der Waals surface area (Å²) in [6.45, 7) is 0. The van der Waals surface area contributed by atoms with Crippen molar-refractivity contribution in [2.45, 2.75) is 33.9 Å². The summed E-state index contributed by atoms with van der Waals surface area (Å²) >= 11 is 18.9. The maximum absolute atomic E-state index is 13.7. The van der Waals surface area contributed by atoms with Crippen LogP contribution in [0.1, 0.15) is 45.4 Å². The normalized spacial score (nSPS) is 23.1. The first kappa shape index (κ1) is 27.3. The Morgan fingerprint density at radius 1 is 1.00 bits per heavy atom. The van der Waals surface area contributed by atoms with Crippen LogP contribution in [-0.4, -0.2) is 21.3 Å². The average Bonchev–Trinajstić information content (AvgIpc) is 3.29. The summed E-state index contributed by atoms with van der Waals surface area (Å²) in [6, 6.07) is 27.6. The van der Waals surface area contributed by atoms with Crippen molar-refractivity contribution in [1.29, 1.82) is 0 Å². The van der Waals surface area contributed by atoms with Crippen molar-refractivity contribution in [2.24, 2.45) is 5.92 Å². The van der Waals surface area contributed by atoms with Gasteiger partial charge in [-0.1, -0.05) is 82.1 Å². The minimum Gasteiger partial charge on any atom is -0.377 e. The molecule has 0 bridgehead atoms. The molecule has 2 aliphatic rings. The van der Waals surface area contributed by atoms with Gasteiger partial charge in [0.1, 0.15) is 0 Å². The molecule has 202 valence electrons. The maximum Gasteiger partial charge on any atom is 0.282 e. The monoisotopic (exact) mass is 652 g/mol. The second kappa shape index (κ2) is 11.2. The van der Waals surface area contributed by atoms with Crippen molar-refractivity contribution in [3.8, 4) is 0 Å². The molecule has 6 rings (SSSR count). The number of halogens is 3. The van der Waals surface area contributed by atoms with Gasteiger partial charge in [-0.3, -0.25) is 14.9 Å². The van der Waals surface area contributed by atoms with Crippen LogP contribution in [0.5, 0.6) is 0 Å². The van der Waals surface area contributed by atoms with E-state index < -0.39 is 0 Å². The Labute approximate surface area is 254 Å². The van der Waals surface area contributed by atoms with Crippen LogP contribution in [0, 0.1) is 16.0 Å². The molecule has 0 unspecified atom stereocenters. The molecule has 0 amide bonds. The molecule has 1 saturated carbocycles. The molecule has 1 aliphatic carbocycles. The fraction of sp³-hybridized carbons (Fsp3) is 0.194. The summed E-state index contributed by atoms with van der Waals surface area (Å²) < 4.78 is 0.974. The van der Waals surface area contributed by atoms with Crippen molar-refractivity contribution in [1.82, 2.24) is 0 Å². The number of rotatable bonds is 6. The van der Waals surface area contributed by atoms with E-state index in [-0.39, 0.29) is 44.9 Å². The van der Waals surface area contributed by atoms with Gasteiger partial charge in [-0.15, -0.1) is 23.4 Å². The van der Waals surface area contributed by atoms with Crippen LogP contribution >= 0.6 is 50.9 Å². The first-order chi connectivity index (χ1) is 19.3. The minimum atomic E-state index is -0.351. The van der Waals surface area contributed by atoms with Crippen LogP contribution in [0.2, 0.25) is 5.02 Å². The highest BCUT2D eigenvalue weighted by Crippen LogP contribution is 2.59. The molecule has 9 heteroatoms. The molecular weight excluding hydrogens is 631 g/mol. The second-order valence-corrected chi connectivity index (χ2v) is 13.2. The Hall–Kier alpha value is -2.84. The first-order valence-electron chi connectivity index (χ1n) is 12.8. The van der Waals surface area contributed by atoms with Gasteiger partial charge < -0.3 is 5.32 Å². The van der Waals surface area contributed by atoms with Crippen LogP contribution in [0.15, 0.2) is 100 Å². The molecular formula is C31H23BrCl2N2O3S. The number of fused-ring (bicyclic) bond motifs is 3. The zero-order valence-corrected chi connectivity index (χ0v) is 24.9. The molecule has 1 aliphatic heterocycles. The Kier molecular flexibility index (Phi) is 7.66. The van der Waals surface area contributed by atoms with Crippen LogP contribution in [0.25, 0.3) is 0 Å². The quantitative estimate of drug-likeness (QED) is 0.0972. The summed E-state index contributed by atoms with van der Waals surface area (Å²) in [5.41, 5.74) is 3.90. The van der Waals surface area contributed by atoms with E-state index in [9.17, 15) is 14.9 Å². The summed E-state index contributed by atoms with van der Waals surface area (Å²) in [4.78, 5) is 25.7. The lowest BCUT2D eigenvalue weighted by molar-refractivity contribution is -0.387. The summed E-state index contributed by atoms with van der Waals surface area (Å²) in [7, 11) is 0. The summed E-state index contributed by atoms with van der Waals surface area (Å²) in [6.07, 6.45) is 0.733. The van der Waals surface area contributed by atoms with E-state index in [0.717, 1.165) is 27.7 Å². The molecule has 0 spiro atoms. The van der Waals surface area contributed by atoms with E-state index in [1.165, 1.54) is 17.8 Å². The number of carbonyl (C=O) groups excluding carboxylic acids is 1. The molecule has 4 aromatic rings. The Balaban J connectivity index is 1.46. The third kappa shape index (κ3) is 5.05. The van der Waals surface area contributed by atoms with Gasteiger partial charge in [-0.25, -0.2) is 0 Å². The lowest BCUT2D eigenvalue weighted by Crippen LogP contribution is -2.32. The Morgan fingerprint density at radius 2 is 1.70 bits per heavy atom. The Bertz CT molecular complexity index is 1600. The highest BCUT2D eigenvalue weighted by Gasteiger charge is 2.51. The van der Waals surface area contributed by atoms with E-state index in [1.807, 2.05) is 42.5 Å². The number of hydrogen-bond acceptors (Lipinski definition) is 5. The molecule has 1 fully saturated rings. The fourth-order valence-electron chi connectivity index (χ4n) is 5.98. The number of nitrogens with zero attached hydrogens (tertiary/aromatic N) is 1. The predicted molar refractivity (Wildman–Crippen MR) is 165 cm³/mol. The number of hydrogen-bond donors (Lipinski definition) is 1. The molecule has 5 atom stereocenters. The van der Waals surface area contributed by atoms with Crippen molar-refractivity contribution >= 4 is 68.1 Å². The number of alkyl halides is 1. The van der Waals surface area contributed by atoms with Gasteiger partial charge in [-0.05, 0) is 53.8 Å². The number of thioether (sulfide) groups is 1. The maximum atomic E-state index is 13.7. The van der Waals surface area contributed by atoms with Gasteiger partial charge in [0.25, 0.3) is 5.69 Å². The summed E-state index contributed by atoms with van der Waals surface area (Å²) in [5.74, 6) is -0.155. The number of nitro groups is 1. The van der Waals surface area contributed by atoms with E-state index in [4.69, 9.17) is 23.2 Å². The molecule has 0 radical (unpaired) electrons. The Morgan fingerprint density at radius 3 is 2.42 bits per heavy atom. The van der Waals surface area contributed by atoms with Gasteiger partial charge in [0.05, 0.1) is 21.2 Å². The van der Waals surface area contributed by atoms with Gasteiger partial charge in [0, 0.05) is 43.5 Å². The zero-order valence-electron chi connectivity index (χ0n) is 21.0. The third-order valence-electron chi connectivity index (χ3n) is 7.73. The highest BCUT2D eigenvalue weighted by molar-refractivity contribution is 9.10. The molecule has 1 N–H and O–H groups in total. The summed E-state index contributed by atoms with van der Waals surface area (Å²) in [5, 5.41) is 15.5. The number of carbonyl (C=O) groups is 1. The van der Waals surface area contributed by atoms with Crippen LogP contribution in [0.4, 0.5) is 11.4 Å². The van der Waals surface area contributed by atoms with E-state index in [0.29, 0.717) is 21.0 Å². The van der Waals surface area contributed by atoms with E-state index >= 15 is 0 Å². The van der Waals surface area contributed by atoms with E-state index in [1.54, 1.807) is 30.3 Å². The predicted octanol–water partition coefficient (Wildman–Crippen LogP) is 9.28. The average molecular weight is 654 g/mol. The molecule has 0 aromatic heterocycles. The van der Waals surface area contributed by atoms with Crippen molar-refractivity contribution in [3.63, 3.8) is 0 Å². The second-order valence-electron chi connectivity index (χ2n) is 10.0. The molecule has 4 aromatic carbocycles. The first-order valence-corrected chi connectivity index (χ1v) is 15.3. The molecule has 0 saturated heterocycles. The topological polar surface area (TPSA) is 72.2 Å². The molecule has 40 heavy (non-hydrogen) atoms. The van der Waals surface area contributed by atoms with Crippen LogP contribution in [0.3, 0.4) is 0 Å². The van der Waals surface area contributed by atoms with Crippen LogP contribution < -0.4 is 5.32 Å². The highest BCUT2D eigenvalue weighted by atomic mass is 79.9. The van der Waals surface area contributed by atoms with Gasteiger partial charge in [-0.2, -0.15) is 0 Å². The van der Waals surface area contributed by atoms with Crippen molar-refractivity contribution in [3.05, 3.63) is 133 Å². The third-order valence-corrected chi connectivity index (χ3v) is 10.6. The minimum absolute atomic E-state index is 0.0769. The smallest absolute Gasteiger partial charge is 0.282 e. The molecule has 1 heterocycles. The lowest BCUT2D eigenvalue weighted by Gasteiger charge is -2.39. The number of anilines is 1. The number of nitrogens with one attached hydrogen (secondary N) is 1. The zero-order chi connectivity index (χ0) is 28.0. The number of benzene rings is 4.